The zero-order chi connectivity index (χ0) is 12.3. The Morgan fingerprint density at radius 3 is 2.65 bits per heavy atom. The third-order valence-corrected chi connectivity index (χ3v) is 3.29. The van der Waals surface area contributed by atoms with E-state index < -0.39 is 0 Å². The van der Waals surface area contributed by atoms with Crippen molar-refractivity contribution < 1.29 is 5.11 Å². The molecule has 1 aromatic rings. The molecule has 0 bridgehead atoms. The van der Waals surface area contributed by atoms with Gasteiger partial charge in [-0.15, -0.1) is 0 Å². The summed E-state index contributed by atoms with van der Waals surface area (Å²) in [5.74, 6) is 2.38. The van der Waals surface area contributed by atoms with Crippen LogP contribution >= 0.6 is 0 Å². The monoisotopic (exact) mass is 236 g/mol. The highest BCUT2D eigenvalue weighted by Gasteiger charge is 2.19. The molecule has 0 amide bonds. The van der Waals surface area contributed by atoms with Crippen LogP contribution in [-0.2, 0) is 0 Å². The van der Waals surface area contributed by atoms with Crippen molar-refractivity contribution in [2.24, 2.45) is 5.92 Å². The number of hydrogen-bond acceptors (Lipinski definition) is 5. The van der Waals surface area contributed by atoms with Gasteiger partial charge in [0.05, 0.1) is 0 Å². The van der Waals surface area contributed by atoms with Crippen LogP contribution in [0.2, 0.25) is 0 Å². The Morgan fingerprint density at radius 1 is 1.35 bits per heavy atom. The Balaban J connectivity index is 2.05. The summed E-state index contributed by atoms with van der Waals surface area (Å²) in [6.07, 6.45) is 3.69. The molecule has 5 heteroatoms. The summed E-state index contributed by atoms with van der Waals surface area (Å²) in [7, 11) is 3.95. The van der Waals surface area contributed by atoms with Crippen molar-refractivity contribution >= 4 is 11.6 Å². The number of aliphatic hydroxyl groups excluding tert-OH is 1. The van der Waals surface area contributed by atoms with Crippen LogP contribution in [0.4, 0.5) is 11.6 Å². The molecular weight excluding hydrogens is 216 g/mol. The normalized spacial score (nSPS) is 17.2. The highest BCUT2D eigenvalue weighted by atomic mass is 16.3. The summed E-state index contributed by atoms with van der Waals surface area (Å²) in [5, 5.41) is 9.11. The van der Waals surface area contributed by atoms with Crippen molar-refractivity contribution in [1.29, 1.82) is 0 Å². The number of rotatable bonds is 3. The fraction of sp³-hybridized carbons (Fsp3) is 0.667. The lowest BCUT2D eigenvalue weighted by Crippen LogP contribution is -2.35. The number of nitrogens with zero attached hydrogens (tertiary/aromatic N) is 4. The first kappa shape index (κ1) is 12.1. The van der Waals surface area contributed by atoms with Crippen molar-refractivity contribution in [3.63, 3.8) is 0 Å². The van der Waals surface area contributed by atoms with E-state index in [-0.39, 0.29) is 0 Å². The molecule has 1 aromatic heterocycles. The molecule has 1 aliphatic heterocycles. The van der Waals surface area contributed by atoms with E-state index in [2.05, 4.69) is 14.9 Å². The average Bonchev–Trinajstić information content (AvgIpc) is 2.39. The zero-order valence-corrected chi connectivity index (χ0v) is 10.5. The van der Waals surface area contributed by atoms with Gasteiger partial charge in [0.1, 0.15) is 18.0 Å². The van der Waals surface area contributed by atoms with Crippen molar-refractivity contribution in [1.82, 2.24) is 9.97 Å². The largest absolute Gasteiger partial charge is 0.396 e. The molecule has 0 unspecified atom stereocenters. The predicted octanol–water partition coefficient (Wildman–Crippen LogP) is 0.751. The average molecular weight is 236 g/mol. The van der Waals surface area contributed by atoms with E-state index in [4.69, 9.17) is 5.11 Å². The molecule has 1 saturated heterocycles. The number of anilines is 2. The van der Waals surface area contributed by atoms with Gasteiger partial charge in [0.2, 0.25) is 0 Å². The summed E-state index contributed by atoms with van der Waals surface area (Å²) >= 11 is 0. The Labute approximate surface area is 102 Å². The van der Waals surface area contributed by atoms with Crippen molar-refractivity contribution in [2.45, 2.75) is 12.8 Å². The molecule has 17 heavy (non-hydrogen) atoms. The van der Waals surface area contributed by atoms with Gasteiger partial charge in [0.15, 0.2) is 0 Å². The first-order valence-electron chi connectivity index (χ1n) is 6.06. The molecule has 0 aliphatic carbocycles. The molecule has 1 aliphatic rings. The Bertz CT molecular complexity index is 361. The van der Waals surface area contributed by atoms with Gasteiger partial charge in [-0.05, 0) is 18.8 Å². The standard InChI is InChI=1S/C12H20N4O/c1-15(2)11-7-12(14-9-13-11)16-5-3-10(8-17)4-6-16/h7,9-10,17H,3-6,8H2,1-2H3. The second-order valence-corrected chi connectivity index (χ2v) is 4.74. The number of piperidine rings is 1. The molecular formula is C12H20N4O. The summed E-state index contributed by atoms with van der Waals surface area (Å²) in [6.45, 7) is 2.24. The number of aromatic nitrogens is 2. The van der Waals surface area contributed by atoms with Crippen molar-refractivity contribution in [2.75, 3.05) is 43.6 Å². The Morgan fingerprint density at radius 2 is 2.06 bits per heavy atom. The molecule has 0 saturated carbocycles. The molecule has 5 nitrogen and oxygen atoms in total. The maximum atomic E-state index is 9.11. The lowest BCUT2D eigenvalue weighted by atomic mass is 9.98. The second-order valence-electron chi connectivity index (χ2n) is 4.74. The lowest BCUT2D eigenvalue weighted by molar-refractivity contribution is 0.203. The first-order valence-corrected chi connectivity index (χ1v) is 6.06. The first-order chi connectivity index (χ1) is 8.20. The molecule has 94 valence electrons. The molecule has 0 atom stereocenters. The second kappa shape index (κ2) is 5.31. The van der Waals surface area contributed by atoms with E-state index in [1.807, 2.05) is 25.1 Å². The lowest BCUT2D eigenvalue weighted by Gasteiger charge is -2.32. The van der Waals surface area contributed by atoms with E-state index >= 15 is 0 Å². The van der Waals surface area contributed by atoms with E-state index in [1.54, 1.807) is 6.33 Å². The number of hydrogen-bond donors (Lipinski definition) is 1. The van der Waals surface area contributed by atoms with Crippen molar-refractivity contribution in [3.8, 4) is 0 Å². The molecule has 0 radical (unpaired) electrons. The van der Waals surface area contributed by atoms with Crippen LogP contribution in [0.1, 0.15) is 12.8 Å². The van der Waals surface area contributed by atoms with Gasteiger partial charge in [-0.2, -0.15) is 0 Å². The minimum absolute atomic E-state index is 0.306. The van der Waals surface area contributed by atoms with E-state index in [0.717, 1.165) is 37.6 Å². The van der Waals surface area contributed by atoms with Crippen LogP contribution < -0.4 is 9.80 Å². The summed E-state index contributed by atoms with van der Waals surface area (Å²) < 4.78 is 0. The van der Waals surface area contributed by atoms with E-state index in [0.29, 0.717) is 12.5 Å². The van der Waals surface area contributed by atoms with Gasteiger partial charge in [0.25, 0.3) is 0 Å². The third-order valence-electron chi connectivity index (χ3n) is 3.29. The van der Waals surface area contributed by atoms with Crippen LogP contribution in [0.15, 0.2) is 12.4 Å². The molecule has 0 spiro atoms. The third kappa shape index (κ3) is 2.85. The maximum Gasteiger partial charge on any atom is 0.134 e. The Hall–Kier alpha value is -1.36. The molecule has 2 rings (SSSR count). The van der Waals surface area contributed by atoms with Gasteiger partial charge in [-0.1, -0.05) is 0 Å². The minimum Gasteiger partial charge on any atom is -0.396 e. The van der Waals surface area contributed by atoms with E-state index in [9.17, 15) is 0 Å². The summed E-state index contributed by atoms with van der Waals surface area (Å²) in [6, 6.07) is 2.01. The minimum atomic E-state index is 0.306. The van der Waals surface area contributed by atoms with Crippen molar-refractivity contribution in [3.05, 3.63) is 12.4 Å². The SMILES string of the molecule is CN(C)c1cc(N2CCC(CO)CC2)ncn1. The summed E-state index contributed by atoms with van der Waals surface area (Å²) in [5.41, 5.74) is 0. The highest BCUT2D eigenvalue weighted by Crippen LogP contribution is 2.22. The number of aliphatic hydroxyl groups is 1. The van der Waals surface area contributed by atoms with Gasteiger partial charge in [-0.25, -0.2) is 9.97 Å². The van der Waals surface area contributed by atoms with Gasteiger partial charge in [0, 0.05) is 39.9 Å². The van der Waals surface area contributed by atoms with Crippen LogP contribution in [0.3, 0.4) is 0 Å². The van der Waals surface area contributed by atoms with Crippen LogP contribution in [0.25, 0.3) is 0 Å². The van der Waals surface area contributed by atoms with Crippen LogP contribution in [0.5, 0.6) is 0 Å². The zero-order valence-electron chi connectivity index (χ0n) is 10.5. The molecule has 0 aromatic carbocycles. The van der Waals surface area contributed by atoms with Crippen LogP contribution in [0, 0.1) is 5.92 Å². The fourth-order valence-corrected chi connectivity index (χ4v) is 2.10. The smallest absolute Gasteiger partial charge is 0.134 e. The molecule has 1 fully saturated rings. The topological polar surface area (TPSA) is 52.5 Å². The fourth-order valence-electron chi connectivity index (χ4n) is 2.10. The highest BCUT2D eigenvalue weighted by molar-refractivity contribution is 5.49. The van der Waals surface area contributed by atoms with Crippen LogP contribution in [-0.4, -0.2) is 48.9 Å². The Kier molecular flexibility index (Phi) is 3.78. The van der Waals surface area contributed by atoms with Gasteiger partial charge in [-0.3, -0.25) is 0 Å². The summed E-state index contributed by atoms with van der Waals surface area (Å²) in [4.78, 5) is 12.8. The quantitative estimate of drug-likeness (QED) is 0.839. The molecule has 1 N–H and O–H groups in total. The molecule has 2 heterocycles. The predicted molar refractivity (Wildman–Crippen MR) is 68.4 cm³/mol. The van der Waals surface area contributed by atoms with E-state index in [1.165, 1.54) is 0 Å². The maximum absolute atomic E-state index is 9.11. The van der Waals surface area contributed by atoms with Gasteiger partial charge >= 0.3 is 0 Å². The van der Waals surface area contributed by atoms with Gasteiger partial charge < -0.3 is 14.9 Å².